The molecule has 1 saturated heterocycles. The molecule has 10 nitrogen and oxygen atoms in total. The second-order valence-electron chi connectivity index (χ2n) is 7.21. The molecule has 0 bridgehead atoms. The Morgan fingerprint density at radius 1 is 1.06 bits per heavy atom. The SMILES string of the molecule is O=C1NC(=O)C(O)(O)C(O)(O)C1N1Cc2c(OCc3ccccc3F)cccc2C1=O. The average molecular weight is 432 g/mol. The van der Waals surface area contributed by atoms with Gasteiger partial charge in [-0.15, -0.1) is 0 Å². The predicted octanol–water partition coefficient (Wildman–Crippen LogP) is -1.25. The van der Waals surface area contributed by atoms with Crippen molar-refractivity contribution in [3.8, 4) is 5.75 Å². The smallest absolute Gasteiger partial charge is 0.303 e. The number of piperidine rings is 1. The van der Waals surface area contributed by atoms with Gasteiger partial charge in [0, 0.05) is 16.7 Å². The van der Waals surface area contributed by atoms with Crippen molar-refractivity contribution in [1.82, 2.24) is 10.2 Å². The summed E-state index contributed by atoms with van der Waals surface area (Å²) in [6.45, 7) is -0.525. The van der Waals surface area contributed by atoms with Gasteiger partial charge in [0.2, 0.25) is 0 Å². The Balaban J connectivity index is 1.64. The molecule has 1 unspecified atom stereocenters. The number of rotatable bonds is 4. The number of carbonyl (C=O) groups is 3. The van der Waals surface area contributed by atoms with Gasteiger partial charge in [0.25, 0.3) is 23.5 Å². The number of hydrogen-bond donors (Lipinski definition) is 5. The third-order valence-electron chi connectivity index (χ3n) is 5.30. The minimum absolute atomic E-state index is 0.0630. The van der Waals surface area contributed by atoms with E-state index in [9.17, 15) is 39.2 Å². The summed E-state index contributed by atoms with van der Waals surface area (Å²) in [6, 6.07) is 8.12. The molecule has 2 aromatic carbocycles. The van der Waals surface area contributed by atoms with Gasteiger partial charge in [-0.1, -0.05) is 24.3 Å². The van der Waals surface area contributed by atoms with E-state index in [1.165, 1.54) is 36.4 Å². The Bertz CT molecular complexity index is 1100. The second kappa shape index (κ2) is 7.10. The maximum atomic E-state index is 13.8. The molecule has 4 rings (SSSR count). The third-order valence-corrected chi connectivity index (χ3v) is 5.30. The van der Waals surface area contributed by atoms with Crippen molar-refractivity contribution in [1.29, 1.82) is 0 Å². The van der Waals surface area contributed by atoms with Crippen LogP contribution >= 0.6 is 0 Å². The van der Waals surface area contributed by atoms with Crippen molar-refractivity contribution in [3.63, 3.8) is 0 Å². The van der Waals surface area contributed by atoms with Gasteiger partial charge < -0.3 is 30.1 Å². The van der Waals surface area contributed by atoms with Gasteiger partial charge >= 0.3 is 5.79 Å². The van der Waals surface area contributed by atoms with E-state index in [0.29, 0.717) is 4.90 Å². The van der Waals surface area contributed by atoms with Gasteiger partial charge in [-0.05, 0) is 18.2 Å². The summed E-state index contributed by atoms with van der Waals surface area (Å²) < 4.78 is 19.5. The van der Waals surface area contributed by atoms with Crippen LogP contribution in [0.4, 0.5) is 4.39 Å². The average Bonchev–Trinajstić information content (AvgIpc) is 3.03. The Hall–Kier alpha value is -3.38. The first kappa shape index (κ1) is 20.9. The highest BCUT2D eigenvalue weighted by molar-refractivity contribution is 6.08. The number of nitrogens with one attached hydrogen (secondary N) is 1. The van der Waals surface area contributed by atoms with Crippen LogP contribution in [0.2, 0.25) is 0 Å². The molecule has 2 aliphatic rings. The van der Waals surface area contributed by atoms with Crippen LogP contribution in [-0.4, -0.2) is 60.7 Å². The molecule has 2 aliphatic heterocycles. The lowest BCUT2D eigenvalue weighted by Crippen LogP contribution is -2.79. The molecular formula is C20H17FN2O8. The lowest BCUT2D eigenvalue weighted by atomic mass is 9.90. The quantitative estimate of drug-likeness (QED) is 0.296. The van der Waals surface area contributed by atoms with Crippen molar-refractivity contribution < 1.29 is 43.9 Å². The monoisotopic (exact) mass is 432 g/mol. The minimum atomic E-state index is -3.75. The highest BCUT2D eigenvalue weighted by atomic mass is 19.1. The van der Waals surface area contributed by atoms with Gasteiger partial charge in [0.05, 0.1) is 6.54 Å². The first-order valence-electron chi connectivity index (χ1n) is 9.09. The van der Waals surface area contributed by atoms with Crippen LogP contribution in [0.25, 0.3) is 0 Å². The highest BCUT2D eigenvalue weighted by Crippen LogP contribution is 2.37. The number of fused-ring (bicyclic) bond motifs is 1. The standard InChI is InChI=1S/C20H17FN2O8/c21-13-6-2-1-4-10(13)9-31-14-7-3-5-11-12(14)8-23(17(11)25)15-16(24)22-18(26)20(29,30)19(15,27)28/h1-7,15,27-30H,8-9H2,(H,22,24,26). The van der Waals surface area contributed by atoms with Gasteiger partial charge in [0.1, 0.15) is 18.2 Å². The van der Waals surface area contributed by atoms with E-state index in [0.717, 1.165) is 0 Å². The van der Waals surface area contributed by atoms with Gasteiger partial charge in [-0.25, -0.2) is 4.39 Å². The van der Waals surface area contributed by atoms with Crippen molar-refractivity contribution in [2.24, 2.45) is 0 Å². The van der Waals surface area contributed by atoms with Crippen LogP contribution < -0.4 is 10.1 Å². The largest absolute Gasteiger partial charge is 0.488 e. The number of nitrogens with zero attached hydrogens (tertiary/aromatic N) is 1. The van der Waals surface area contributed by atoms with Crippen LogP contribution in [0.15, 0.2) is 42.5 Å². The Labute approximate surface area is 174 Å². The van der Waals surface area contributed by atoms with Crippen LogP contribution in [0.5, 0.6) is 5.75 Å². The zero-order valence-corrected chi connectivity index (χ0v) is 15.8. The fourth-order valence-electron chi connectivity index (χ4n) is 3.61. The number of ether oxygens (including phenoxy) is 1. The highest BCUT2D eigenvalue weighted by Gasteiger charge is 2.67. The molecule has 0 radical (unpaired) electrons. The minimum Gasteiger partial charge on any atom is -0.488 e. The summed E-state index contributed by atoms with van der Waals surface area (Å²) in [7, 11) is 0. The molecule has 3 amide bonds. The summed E-state index contributed by atoms with van der Waals surface area (Å²) >= 11 is 0. The molecule has 0 spiro atoms. The number of aliphatic hydroxyl groups is 4. The predicted molar refractivity (Wildman–Crippen MR) is 98.3 cm³/mol. The fourth-order valence-corrected chi connectivity index (χ4v) is 3.61. The molecule has 162 valence electrons. The third kappa shape index (κ3) is 3.15. The van der Waals surface area contributed by atoms with E-state index in [1.54, 1.807) is 11.4 Å². The van der Waals surface area contributed by atoms with E-state index in [1.807, 2.05) is 0 Å². The maximum Gasteiger partial charge on any atom is 0.303 e. The molecule has 0 aliphatic carbocycles. The zero-order valence-electron chi connectivity index (χ0n) is 15.8. The van der Waals surface area contributed by atoms with E-state index >= 15 is 0 Å². The summed E-state index contributed by atoms with van der Waals surface area (Å²) in [5.41, 5.74) is 0.598. The molecule has 2 heterocycles. The van der Waals surface area contributed by atoms with Crippen molar-refractivity contribution >= 4 is 17.7 Å². The molecule has 5 N–H and O–H groups in total. The van der Waals surface area contributed by atoms with Crippen molar-refractivity contribution in [3.05, 3.63) is 65.0 Å². The zero-order chi connectivity index (χ0) is 22.6. The molecule has 31 heavy (non-hydrogen) atoms. The number of halogens is 1. The molecule has 1 fully saturated rings. The van der Waals surface area contributed by atoms with E-state index < -0.39 is 41.2 Å². The number of imide groups is 1. The number of amides is 3. The summed E-state index contributed by atoms with van der Waals surface area (Å²) in [5, 5.41) is 41.7. The second-order valence-corrected chi connectivity index (χ2v) is 7.21. The van der Waals surface area contributed by atoms with Gasteiger partial charge in [-0.3, -0.25) is 19.7 Å². The van der Waals surface area contributed by atoms with Crippen LogP contribution in [-0.2, 0) is 22.7 Å². The molecule has 2 aromatic rings. The number of benzene rings is 2. The lowest BCUT2D eigenvalue weighted by molar-refractivity contribution is -0.355. The van der Waals surface area contributed by atoms with Crippen LogP contribution in [0, 0.1) is 5.82 Å². The topological polar surface area (TPSA) is 157 Å². The summed E-state index contributed by atoms with van der Waals surface area (Å²) in [5.74, 6) is -11.6. The first-order chi connectivity index (χ1) is 14.6. The van der Waals surface area contributed by atoms with Crippen molar-refractivity contribution in [2.45, 2.75) is 30.8 Å². The van der Waals surface area contributed by atoms with E-state index in [4.69, 9.17) is 4.74 Å². The Morgan fingerprint density at radius 3 is 2.48 bits per heavy atom. The summed E-state index contributed by atoms with van der Waals surface area (Å²) in [6.07, 6.45) is 0. The van der Waals surface area contributed by atoms with E-state index in [2.05, 4.69) is 0 Å². The number of hydrogen-bond acceptors (Lipinski definition) is 8. The Kier molecular flexibility index (Phi) is 4.78. The normalized spacial score (nSPS) is 21.6. The van der Waals surface area contributed by atoms with Crippen molar-refractivity contribution in [2.75, 3.05) is 0 Å². The fraction of sp³-hybridized carbons (Fsp3) is 0.250. The van der Waals surface area contributed by atoms with Gasteiger partial charge in [0.15, 0.2) is 6.04 Å². The summed E-state index contributed by atoms with van der Waals surface area (Å²) in [4.78, 5) is 37.4. The van der Waals surface area contributed by atoms with Crippen LogP contribution in [0.1, 0.15) is 21.5 Å². The van der Waals surface area contributed by atoms with Crippen LogP contribution in [0.3, 0.4) is 0 Å². The maximum absolute atomic E-state index is 13.8. The number of carbonyl (C=O) groups excluding carboxylic acids is 3. The molecule has 0 saturated carbocycles. The molecule has 11 heteroatoms. The first-order valence-corrected chi connectivity index (χ1v) is 9.09. The Morgan fingerprint density at radius 2 is 1.77 bits per heavy atom. The molecular weight excluding hydrogens is 415 g/mol. The lowest BCUT2D eigenvalue weighted by Gasteiger charge is -2.44. The van der Waals surface area contributed by atoms with E-state index in [-0.39, 0.29) is 35.6 Å². The molecule has 1 atom stereocenters. The molecule has 0 aromatic heterocycles. The van der Waals surface area contributed by atoms with Gasteiger partial charge in [-0.2, -0.15) is 0 Å².